The van der Waals surface area contributed by atoms with Gasteiger partial charge in [0, 0.05) is 17.4 Å². The second kappa shape index (κ2) is 5.48. The Kier molecular flexibility index (Phi) is 3.75. The average Bonchev–Trinajstić information content (AvgIpc) is 2.39. The summed E-state index contributed by atoms with van der Waals surface area (Å²) in [6, 6.07) is 6.73. The Morgan fingerprint density at radius 2 is 2.11 bits per heavy atom. The van der Waals surface area contributed by atoms with Crippen molar-refractivity contribution < 1.29 is 5.11 Å². The van der Waals surface area contributed by atoms with E-state index >= 15 is 0 Å². The number of aromatic hydroxyl groups is 1. The minimum absolute atomic E-state index is 0.133. The van der Waals surface area contributed by atoms with Gasteiger partial charge in [-0.25, -0.2) is 0 Å². The van der Waals surface area contributed by atoms with Crippen LogP contribution in [-0.4, -0.2) is 29.4 Å². The third-order valence-corrected chi connectivity index (χ3v) is 2.59. The molecular weight excluding hydrogens is 237 g/mol. The van der Waals surface area contributed by atoms with Crippen LogP contribution in [0.2, 0.25) is 0 Å². The first-order valence-corrected chi connectivity index (χ1v) is 5.70. The molecule has 0 saturated carbocycles. The van der Waals surface area contributed by atoms with Crippen molar-refractivity contribution in [1.29, 1.82) is 0 Å². The lowest BCUT2D eigenvalue weighted by Crippen LogP contribution is -2.09. The van der Waals surface area contributed by atoms with Gasteiger partial charge in [-0.15, -0.1) is 0 Å². The maximum Gasteiger partial charge on any atom is 0.144 e. The normalized spacial score (nSPS) is 10.8. The molecule has 0 bridgehead atoms. The second-order valence-corrected chi connectivity index (χ2v) is 4.01. The predicted molar refractivity (Wildman–Crippen MR) is 77.6 cm³/mol. The SMILES string of the molecule is [B]c1ccc(-c2cc(N=CC=C)c(C)cc2O)nn1. The number of rotatable bonds is 3. The van der Waals surface area contributed by atoms with Crippen molar-refractivity contribution in [2.24, 2.45) is 4.99 Å². The van der Waals surface area contributed by atoms with E-state index in [9.17, 15) is 5.11 Å². The number of aliphatic imine (C=N–C) groups is 1. The number of benzene rings is 1. The largest absolute Gasteiger partial charge is 0.507 e. The molecule has 92 valence electrons. The molecule has 0 saturated heterocycles. The van der Waals surface area contributed by atoms with Gasteiger partial charge in [-0.05, 0) is 36.8 Å². The molecule has 1 heterocycles. The monoisotopic (exact) mass is 249 g/mol. The van der Waals surface area contributed by atoms with Gasteiger partial charge in [0.1, 0.15) is 13.6 Å². The van der Waals surface area contributed by atoms with Gasteiger partial charge in [-0.1, -0.05) is 12.7 Å². The molecule has 1 N–H and O–H groups in total. The summed E-state index contributed by atoms with van der Waals surface area (Å²) >= 11 is 0. The van der Waals surface area contributed by atoms with Crippen LogP contribution >= 0.6 is 0 Å². The lowest BCUT2D eigenvalue weighted by atomic mass is 10.0. The minimum atomic E-state index is 0.133. The summed E-state index contributed by atoms with van der Waals surface area (Å²) in [4.78, 5) is 4.24. The molecule has 0 unspecified atom stereocenters. The molecule has 2 aromatic rings. The third kappa shape index (κ3) is 2.88. The average molecular weight is 249 g/mol. The standard InChI is InChI=1S/C14H12BN3O/c1-3-6-16-12-8-10(13(19)7-9(12)2)11-4-5-14(15)18-17-11/h3-8,19H,1H2,2H3. The Bertz CT molecular complexity index is 636. The van der Waals surface area contributed by atoms with Crippen molar-refractivity contribution in [2.75, 3.05) is 0 Å². The van der Waals surface area contributed by atoms with Gasteiger partial charge in [0.05, 0.1) is 11.4 Å². The zero-order chi connectivity index (χ0) is 13.8. The summed E-state index contributed by atoms with van der Waals surface area (Å²) in [6.45, 7) is 5.45. The number of phenolic OH excluding ortho intramolecular Hbond substituents is 1. The summed E-state index contributed by atoms with van der Waals surface area (Å²) in [5.41, 5.74) is 3.05. The van der Waals surface area contributed by atoms with Crippen molar-refractivity contribution in [3.63, 3.8) is 0 Å². The molecule has 1 aromatic carbocycles. The smallest absolute Gasteiger partial charge is 0.144 e. The Morgan fingerprint density at radius 3 is 2.74 bits per heavy atom. The number of aryl methyl sites for hydroxylation is 1. The number of allylic oxidation sites excluding steroid dienone is 1. The highest BCUT2D eigenvalue weighted by atomic mass is 16.3. The van der Waals surface area contributed by atoms with Gasteiger partial charge in [-0.2, -0.15) is 10.2 Å². The van der Waals surface area contributed by atoms with Crippen molar-refractivity contribution in [3.8, 4) is 17.0 Å². The Labute approximate surface area is 113 Å². The molecule has 0 aliphatic rings. The maximum absolute atomic E-state index is 9.99. The van der Waals surface area contributed by atoms with Crippen molar-refractivity contribution in [3.05, 3.63) is 42.5 Å². The summed E-state index contributed by atoms with van der Waals surface area (Å²) < 4.78 is 0. The topological polar surface area (TPSA) is 58.4 Å². The highest BCUT2D eigenvalue weighted by Crippen LogP contribution is 2.33. The predicted octanol–water partition coefficient (Wildman–Crippen LogP) is 1.84. The Balaban J connectivity index is 2.53. The van der Waals surface area contributed by atoms with E-state index in [1.165, 1.54) is 0 Å². The highest BCUT2D eigenvalue weighted by molar-refractivity contribution is 6.30. The molecule has 2 rings (SSSR count). The second-order valence-electron chi connectivity index (χ2n) is 4.01. The third-order valence-electron chi connectivity index (χ3n) is 2.59. The molecule has 0 aliphatic carbocycles. The maximum atomic E-state index is 9.99. The van der Waals surface area contributed by atoms with E-state index < -0.39 is 0 Å². The van der Waals surface area contributed by atoms with Crippen LogP contribution in [-0.2, 0) is 0 Å². The summed E-state index contributed by atoms with van der Waals surface area (Å²) in [6.07, 6.45) is 3.19. The number of aromatic nitrogens is 2. The van der Waals surface area contributed by atoms with Crippen LogP contribution in [0.5, 0.6) is 5.75 Å². The first-order chi connectivity index (χ1) is 9.11. The first-order valence-electron chi connectivity index (χ1n) is 5.70. The molecule has 4 nitrogen and oxygen atoms in total. The Morgan fingerprint density at radius 1 is 1.32 bits per heavy atom. The van der Waals surface area contributed by atoms with Crippen LogP contribution in [0.4, 0.5) is 5.69 Å². The van der Waals surface area contributed by atoms with E-state index in [1.807, 2.05) is 6.92 Å². The van der Waals surface area contributed by atoms with Crippen LogP contribution < -0.4 is 5.59 Å². The number of hydrogen-bond acceptors (Lipinski definition) is 4. The van der Waals surface area contributed by atoms with Crippen LogP contribution in [0.3, 0.4) is 0 Å². The first kappa shape index (κ1) is 13.0. The molecule has 0 atom stereocenters. The molecule has 2 radical (unpaired) electrons. The fourth-order valence-corrected chi connectivity index (χ4v) is 1.64. The lowest BCUT2D eigenvalue weighted by Gasteiger charge is -2.07. The zero-order valence-electron chi connectivity index (χ0n) is 10.5. The minimum Gasteiger partial charge on any atom is -0.507 e. The van der Waals surface area contributed by atoms with Gasteiger partial charge >= 0.3 is 0 Å². The number of phenols is 1. The molecule has 0 fully saturated rings. The fourth-order valence-electron chi connectivity index (χ4n) is 1.64. The zero-order valence-corrected chi connectivity index (χ0v) is 10.5. The summed E-state index contributed by atoms with van der Waals surface area (Å²) in [5.74, 6) is 0.133. The number of nitrogens with zero attached hydrogens (tertiary/aromatic N) is 3. The molecule has 1 aromatic heterocycles. The highest BCUT2D eigenvalue weighted by Gasteiger charge is 2.09. The molecule has 5 heteroatoms. The van der Waals surface area contributed by atoms with Gasteiger partial charge in [-0.3, -0.25) is 4.99 Å². The van der Waals surface area contributed by atoms with Crippen LogP contribution in [0.15, 0.2) is 41.9 Å². The van der Waals surface area contributed by atoms with E-state index in [1.54, 1.807) is 36.6 Å². The van der Waals surface area contributed by atoms with Crippen molar-refractivity contribution in [1.82, 2.24) is 10.2 Å². The van der Waals surface area contributed by atoms with Gasteiger partial charge < -0.3 is 5.11 Å². The van der Waals surface area contributed by atoms with Gasteiger partial charge in [0.2, 0.25) is 0 Å². The Hall–Kier alpha value is -2.43. The summed E-state index contributed by atoms with van der Waals surface area (Å²) in [7, 11) is 5.49. The van der Waals surface area contributed by atoms with Gasteiger partial charge in [0.15, 0.2) is 0 Å². The van der Waals surface area contributed by atoms with E-state index in [4.69, 9.17) is 7.85 Å². The summed E-state index contributed by atoms with van der Waals surface area (Å²) in [5, 5.41) is 17.7. The number of hydrogen-bond donors (Lipinski definition) is 1. The van der Waals surface area contributed by atoms with E-state index in [0.29, 0.717) is 16.9 Å². The van der Waals surface area contributed by atoms with Crippen molar-refractivity contribution in [2.45, 2.75) is 6.92 Å². The van der Waals surface area contributed by atoms with E-state index in [-0.39, 0.29) is 5.75 Å². The molecule has 0 amide bonds. The van der Waals surface area contributed by atoms with Gasteiger partial charge in [0.25, 0.3) is 0 Å². The fraction of sp³-hybridized carbons (Fsp3) is 0.0714. The van der Waals surface area contributed by atoms with E-state index in [0.717, 1.165) is 11.3 Å². The quantitative estimate of drug-likeness (QED) is 0.666. The van der Waals surface area contributed by atoms with Crippen LogP contribution in [0.25, 0.3) is 11.3 Å². The van der Waals surface area contributed by atoms with E-state index in [2.05, 4.69) is 21.8 Å². The lowest BCUT2D eigenvalue weighted by molar-refractivity contribution is 0.476. The van der Waals surface area contributed by atoms with Crippen LogP contribution in [0, 0.1) is 6.92 Å². The van der Waals surface area contributed by atoms with Crippen LogP contribution in [0.1, 0.15) is 5.56 Å². The molecule has 0 spiro atoms. The molecule has 19 heavy (non-hydrogen) atoms. The molecular formula is C14H12BN3O. The molecule has 0 aliphatic heterocycles. The van der Waals surface area contributed by atoms with Crippen molar-refractivity contribution >= 4 is 25.3 Å².